The monoisotopic (exact) mass is 265 g/mol. The zero-order valence-corrected chi connectivity index (χ0v) is 10.8. The van der Waals surface area contributed by atoms with Crippen molar-refractivity contribution < 1.29 is 0 Å². The number of fused-ring (bicyclic) bond motifs is 1. The van der Waals surface area contributed by atoms with E-state index in [0.29, 0.717) is 0 Å². The minimum atomic E-state index is 0.283. The molecule has 0 saturated carbocycles. The molecule has 3 nitrogen and oxygen atoms in total. The molecule has 88 valence electrons. The molecule has 0 unspecified atom stereocenters. The minimum absolute atomic E-state index is 0.283. The van der Waals surface area contributed by atoms with E-state index < -0.39 is 0 Å². The summed E-state index contributed by atoms with van der Waals surface area (Å²) in [5.74, 6) is 3.44. The van der Waals surface area contributed by atoms with Crippen LogP contribution in [0, 0.1) is 12.3 Å². The maximum atomic E-state index is 5.86. The number of thiophene rings is 1. The summed E-state index contributed by atoms with van der Waals surface area (Å²) in [6.45, 7) is 0.847. The van der Waals surface area contributed by atoms with E-state index in [9.17, 15) is 0 Å². The quantitative estimate of drug-likeness (QED) is 0.510. The second-order valence-corrected chi connectivity index (χ2v) is 4.80. The van der Waals surface area contributed by atoms with Gasteiger partial charge in [0.2, 0.25) is 5.28 Å². The van der Waals surface area contributed by atoms with Crippen LogP contribution in [-0.4, -0.2) is 16.5 Å². The van der Waals surface area contributed by atoms with Crippen LogP contribution in [-0.2, 0) is 0 Å². The fraction of sp³-hybridized carbons (Fsp3) is 0.333. The number of halogens is 1. The van der Waals surface area contributed by atoms with Gasteiger partial charge in [0.25, 0.3) is 0 Å². The highest BCUT2D eigenvalue weighted by Crippen LogP contribution is 2.26. The molecule has 0 aliphatic rings. The average Bonchev–Trinajstić information content (AvgIpc) is 2.76. The molecule has 17 heavy (non-hydrogen) atoms. The summed E-state index contributed by atoms with van der Waals surface area (Å²) in [6.07, 6.45) is 8.06. The van der Waals surface area contributed by atoms with Gasteiger partial charge in [-0.2, -0.15) is 0 Å². The summed E-state index contributed by atoms with van der Waals surface area (Å²) in [5.41, 5.74) is 0. The Kier molecular flexibility index (Phi) is 4.18. The standard InChI is InChI=1S/C12H12ClN3S/c1-2-3-4-5-7-14-10-9-6-8-17-11(9)16-12(13)15-10/h1,6,8H,3-5,7H2,(H,14,15,16). The Morgan fingerprint density at radius 3 is 3.12 bits per heavy atom. The molecule has 5 heteroatoms. The third-order valence-electron chi connectivity index (χ3n) is 2.34. The zero-order valence-electron chi connectivity index (χ0n) is 9.24. The first kappa shape index (κ1) is 12.2. The lowest BCUT2D eigenvalue weighted by molar-refractivity contribution is 0.788. The normalized spacial score (nSPS) is 10.4. The van der Waals surface area contributed by atoms with Gasteiger partial charge in [-0.05, 0) is 35.9 Å². The maximum Gasteiger partial charge on any atom is 0.225 e. The lowest BCUT2D eigenvalue weighted by atomic mass is 10.2. The molecular formula is C12H12ClN3S. The molecule has 2 rings (SSSR count). The van der Waals surface area contributed by atoms with Crippen LogP contribution >= 0.6 is 22.9 Å². The summed E-state index contributed by atoms with van der Waals surface area (Å²) >= 11 is 7.42. The van der Waals surface area contributed by atoms with Crippen LogP contribution in [0.5, 0.6) is 0 Å². The molecule has 0 aromatic carbocycles. The summed E-state index contributed by atoms with van der Waals surface area (Å²) in [5, 5.41) is 6.57. The average molecular weight is 266 g/mol. The molecule has 0 radical (unpaired) electrons. The van der Waals surface area contributed by atoms with E-state index in [1.54, 1.807) is 11.3 Å². The predicted octanol–water partition coefficient (Wildman–Crippen LogP) is 3.56. The highest BCUT2D eigenvalue weighted by molar-refractivity contribution is 7.16. The summed E-state index contributed by atoms with van der Waals surface area (Å²) < 4.78 is 0. The van der Waals surface area contributed by atoms with E-state index >= 15 is 0 Å². The molecule has 0 amide bonds. The van der Waals surface area contributed by atoms with Crippen molar-refractivity contribution in [1.82, 2.24) is 9.97 Å². The molecule has 0 aliphatic heterocycles. The maximum absolute atomic E-state index is 5.86. The van der Waals surface area contributed by atoms with Crippen LogP contribution < -0.4 is 5.32 Å². The van der Waals surface area contributed by atoms with Gasteiger partial charge in [-0.25, -0.2) is 9.97 Å². The molecule has 2 aromatic rings. The van der Waals surface area contributed by atoms with Gasteiger partial charge in [-0.1, -0.05) is 0 Å². The Labute approximate surface area is 109 Å². The van der Waals surface area contributed by atoms with Crippen molar-refractivity contribution in [3.8, 4) is 12.3 Å². The first-order valence-corrected chi connectivity index (χ1v) is 6.65. The second-order valence-electron chi connectivity index (χ2n) is 3.57. The van der Waals surface area contributed by atoms with Crippen LogP contribution in [0.25, 0.3) is 10.2 Å². The first-order valence-electron chi connectivity index (χ1n) is 5.39. The molecule has 0 bridgehead atoms. The smallest absolute Gasteiger partial charge is 0.225 e. The summed E-state index contributed by atoms with van der Waals surface area (Å²) in [4.78, 5) is 9.27. The highest BCUT2D eigenvalue weighted by Gasteiger charge is 2.06. The van der Waals surface area contributed by atoms with Gasteiger partial charge in [0.05, 0.1) is 5.39 Å². The van der Waals surface area contributed by atoms with E-state index in [2.05, 4.69) is 21.2 Å². The highest BCUT2D eigenvalue weighted by atomic mass is 35.5. The Morgan fingerprint density at radius 2 is 2.29 bits per heavy atom. The van der Waals surface area contributed by atoms with E-state index in [1.807, 2.05) is 11.4 Å². The molecule has 0 aliphatic carbocycles. The van der Waals surface area contributed by atoms with Crippen LogP contribution in [0.4, 0.5) is 5.82 Å². The number of nitrogens with one attached hydrogen (secondary N) is 1. The van der Waals surface area contributed by atoms with Crippen molar-refractivity contribution in [3.05, 3.63) is 16.7 Å². The SMILES string of the molecule is C#CCCCCNc1nc(Cl)nc2sccc12. The van der Waals surface area contributed by atoms with Gasteiger partial charge in [0, 0.05) is 13.0 Å². The first-order chi connectivity index (χ1) is 8.31. The van der Waals surface area contributed by atoms with Crippen molar-refractivity contribution >= 4 is 39.0 Å². The predicted molar refractivity (Wildman–Crippen MR) is 73.6 cm³/mol. The molecule has 0 atom stereocenters. The van der Waals surface area contributed by atoms with Crippen LogP contribution in [0.3, 0.4) is 0 Å². The van der Waals surface area contributed by atoms with Crippen molar-refractivity contribution in [2.45, 2.75) is 19.3 Å². The van der Waals surface area contributed by atoms with Crippen LogP contribution in [0.15, 0.2) is 11.4 Å². The number of terminal acetylenes is 1. The lowest BCUT2D eigenvalue weighted by Crippen LogP contribution is -2.04. The topological polar surface area (TPSA) is 37.8 Å². The summed E-state index contributed by atoms with van der Waals surface area (Å²) in [6, 6.07) is 2.00. The Bertz CT molecular complexity index is 544. The number of anilines is 1. The van der Waals surface area contributed by atoms with Gasteiger partial charge >= 0.3 is 0 Å². The number of aromatic nitrogens is 2. The van der Waals surface area contributed by atoms with Gasteiger partial charge in [-0.15, -0.1) is 23.7 Å². The molecule has 0 spiro atoms. The van der Waals surface area contributed by atoms with Gasteiger partial charge in [0.1, 0.15) is 10.6 Å². The zero-order chi connectivity index (χ0) is 12.1. The van der Waals surface area contributed by atoms with E-state index in [-0.39, 0.29) is 5.28 Å². The minimum Gasteiger partial charge on any atom is -0.369 e. The van der Waals surface area contributed by atoms with Gasteiger partial charge in [0.15, 0.2) is 0 Å². The molecule has 2 aromatic heterocycles. The second kappa shape index (κ2) is 5.85. The van der Waals surface area contributed by atoms with Crippen LogP contribution in [0.1, 0.15) is 19.3 Å². The number of nitrogens with zero attached hydrogens (tertiary/aromatic N) is 2. The van der Waals surface area contributed by atoms with E-state index in [4.69, 9.17) is 18.0 Å². The third-order valence-corrected chi connectivity index (χ3v) is 3.31. The summed E-state index contributed by atoms with van der Waals surface area (Å²) in [7, 11) is 0. The van der Waals surface area contributed by atoms with Crippen LogP contribution in [0.2, 0.25) is 5.28 Å². The molecule has 2 heterocycles. The van der Waals surface area contributed by atoms with Crippen molar-refractivity contribution in [2.24, 2.45) is 0 Å². The number of unbranched alkanes of at least 4 members (excludes halogenated alkanes) is 2. The lowest BCUT2D eigenvalue weighted by Gasteiger charge is -2.06. The number of rotatable bonds is 5. The Balaban J connectivity index is 2.03. The number of hydrogen-bond acceptors (Lipinski definition) is 4. The van der Waals surface area contributed by atoms with Crippen molar-refractivity contribution in [2.75, 3.05) is 11.9 Å². The largest absolute Gasteiger partial charge is 0.369 e. The van der Waals surface area contributed by atoms with Gasteiger partial charge in [-0.3, -0.25) is 0 Å². The van der Waals surface area contributed by atoms with E-state index in [0.717, 1.165) is 41.8 Å². The molecule has 0 fully saturated rings. The molecular weight excluding hydrogens is 254 g/mol. The van der Waals surface area contributed by atoms with E-state index in [1.165, 1.54) is 0 Å². The third kappa shape index (κ3) is 3.09. The Hall–Kier alpha value is -1.31. The van der Waals surface area contributed by atoms with Crippen molar-refractivity contribution in [1.29, 1.82) is 0 Å². The fourth-order valence-corrected chi connectivity index (χ4v) is 2.51. The van der Waals surface area contributed by atoms with Gasteiger partial charge < -0.3 is 5.32 Å². The number of hydrogen-bond donors (Lipinski definition) is 1. The molecule has 0 saturated heterocycles. The fourth-order valence-electron chi connectivity index (χ4n) is 1.52. The van der Waals surface area contributed by atoms with Crippen molar-refractivity contribution in [3.63, 3.8) is 0 Å². The Morgan fingerprint density at radius 1 is 1.41 bits per heavy atom. The molecule has 1 N–H and O–H groups in total.